The monoisotopic (exact) mass is 415 g/mol. The van der Waals surface area contributed by atoms with Gasteiger partial charge in [0.2, 0.25) is 5.91 Å². The zero-order valence-electron chi connectivity index (χ0n) is 18.2. The summed E-state index contributed by atoms with van der Waals surface area (Å²) < 4.78 is 5.97. The van der Waals surface area contributed by atoms with E-state index in [0.717, 1.165) is 44.0 Å². The molecule has 0 spiro atoms. The molecule has 1 aliphatic heterocycles. The van der Waals surface area contributed by atoms with E-state index in [2.05, 4.69) is 30.3 Å². The molecule has 1 saturated heterocycles. The Labute approximate surface area is 185 Å². The maximum atomic E-state index is 12.9. The molecule has 1 N–H and O–H groups in total. The van der Waals surface area contributed by atoms with E-state index in [0.29, 0.717) is 6.54 Å². The Bertz CT molecular complexity index is 967. The third-order valence-corrected chi connectivity index (χ3v) is 6.01. The molecule has 0 unspecified atom stereocenters. The summed E-state index contributed by atoms with van der Waals surface area (Å²) in [6.07, 6.45) is 1.90. The Morgan fingerprint density at radius 1 is 0.871 bits per heavy atom. The van der Waals surface area contributed by atoms with Crippen LogP contribution in [0.4, 0.5) is 0 Å². The number of carbonyl (C=O) groups excluding carboxylic acids is 1. The minimum absolute atomic E-state index is 0.144. The first-order valence-electron chi connectivity index (χ1n) is 11.1. The normalized spacial score (nSPS) is 18.4. The quantitative estimate of drug-likeness (QED) is 0.634. The number of para-hydroxylation sites is 1. The van der Waals surface area contributed by atoms with Crippen LogP contribution in [0.2, 0.25) is 0 Å². The lowest BCUT2D eigenvalue weighted by Crippen LogP contribution is -3.11. The van der Waals surface area contributed by atoms with Crippen LogP contribution in [-0.2, 0) is 17.9 Å². The first-order valence-corrected chi connectivity index (χ1v) is 11.1. The van der Waals surface area contributed by atoms with Crippen LogP contribution in [0.5, 0.6) is 11.5 Å². The van der Waals surface area contributed by atoms with Gasteiger partial charge in [0.05, 0.1) is 13.1 Å². The van der Waals surface area contributed by atoms with Gasteiger partial charge in [-0.05, 0) is 29.8 Å². The van der Waals surface area contributed by atoms with Gasteiger partial charge in [0, 0.05) is 37.9 Å². The molecule has 0 bridgehead atoms. The Kier molecular flexibility index (Phi) is 7.00. The minimum atomic E-state index is 0.144. The second kappa shape index (κ2) is 10.3. The number of nitrogens with one attached hydrogen (secondary N) is 1. The van der Waals surface area contributed by atoms with E-state index in [4.69, 9.17) is 4.74 Å². The Morgan fingerprint density at radius 3 is 2.19 bits per heavy atom. The van der Waals surface area contributed by atoms with Crippen molar-refractivity contribution in [2.75, 3.05) is 20.1 Å². The maximum absolute atomic E-state index is 12.9. The summed E-state index contributed by atoms with van der Waals surface area (Å²) >= 11 is 0. The number of benzene rings is 3. The number of quaternary nitrogens is 1. The highest BCUT2D eigenvalue weighted by atomic mass is 16.5. The van der Waals surface area contributed by atoms with Crippen LogP contribution in [0.25, 0.3) is 0 Å². The van der Waals surface area contributed by atoms with Crippen LogP contribution in [0, 0.1) is 5.92 Å². The van der Waals surface area contributed by atoms with Gasteiger partial charge in [-0.1, -0.05) is 60.7 Å². The summed E-state index contributed by atoms with van der Waals surface area (Å²) in [5.41, 5.74) is 2.45. The number of hydrogen-bond donors (Lipinski definition) is 1. The molecule has 0 saturated carbocycles. The van der Waals surface area contributed by atoms with E-state index in [-0.39, 0.29) is 11.8 Å². The number of nitrogens with zero attached hydrogens (tertiary/aromatic N) is 1. The average Bonchev–Trinajstić information content (AvgIpc) is 2.81. The summed E-state index contributed by atoms with van der Waals surface area (Å²) in [6.45, 7) is 3.70. The van der Waals surface area contributed by atoms with Crippen molar-refractivity contribution in [2.45, 2.75) is 25.9 Å². The van der Waals surface area contributed by atoms with E-state index >= 15 is 0 Å². The lowest BCUT2D eigenvalue weighted by molar-refractivity contribution is -0.919. The van der Waals surface area contributed by atoms with E-state index in [9.17, 15) is 4.79 Å². The Balaban J connectivity index is 1.27. The van der Waals surface area contributed by atoms with Crippen LogP contribution < -0.4 is 9.64 Å². The largest absolute Gasteiger partial charge is 0.457 e. The number of likely N-dealkylation sites (tertiary alicyclic amines) is 1. The molecule has 0 atom stereocenters. The van der Waals surface area contributed by atoms with Gasteiger partial charge in [0.1, 0.15) is 18.0 Å². The summed E-state index contributed by atoms with van der Waals surface area (Å²) in [7, 11) is 1.92. The van der Waals surface area contributed by atoms with Crippen molar-refractivity contribution in [3.05, 3.63) is 96.1 Å². The molecule has 1 aliphatic rings. The van der Waals surface area contributed by atoms with Crippen LogP contribution in [0.1, 0.15) is 24.0 Å². The van der Waals surface area contributed by atoms with Gasteiger partial charge in [0.25, 0.3) is 0 Å². The standard InChI is InChI=1S/C27H30N2O2/c1-28(20-22-9-4-2-5-10-22)27(30)24-15-17-29(18-16-24)21-23-11-8-14-26(19-23)31-25-12-6-3-7-13-25/h2-14,19,24H,15-18,20-21H2,1H3/p+1. The maximum Gasteiger partial charge on any atom is 0.226 e. The van der Waals surface area contributed by atoms with Gasteiger partial charge >= 0.3 is 0 Å². The molecule has 4 rings (SSSR count). The predicted molar refractivity (Wildman–Crippen MR) is 123 cm³/mol. The first-order chi connectivity index (χ1) is 15.2. The number of amides is 1. The highest BCUT2D eigenvalue weighted by molar-refractivity contribution is 5.78. The van der Waals surface area contributed by atoms with Crippen molar-refractivity contribution in [1.29, 1.82) is 0 Å². The summed E-state index contributed by atoms with van der Waals surface area (Å²) in [5.74, 6) is 2.15. The molecule has 160 valence electrons. The van der Waals surface area contributed by atoms with Gasteiger partial charge in [-0.2, -0.15) is 0 Å². The lowest BCUT2D eigenvalue weighted by Gasteiger charge is -2.31. The molecule has 4 nitrogen and oxygen atoms in total. The number of hydrogen-bond acceptors (Lipinski definition) is 2. The second-order valence-corrected chi connectivity index (χ2v) is 8.44. The Morgan fingerprint density at radius 2 is 1.48 bits per heavy atom. The number of carbonyl (C=O) groups is 1. The van der Waals surface area contributed by atoms with Gasteiger partial charge in [-0.25, -0.2) is 0 Å². The fourth-order valence-electron chi connectivity index (χ4n) is 4.33. The van der Waals surface area contributed by atoms with E-state index < -0.39 is 0 Å². The number of ether oxygens (including phenoxy) is 1. The van der Waals surface area contributed by atoms with Crippen LogP contribution in [-0.4, -0.2) is 30.9 Å². The lowest BCUT2D eigenvalue weighted by atomic mass is 9.95. The van der Waals surface area contributed by atoms with Crippen LogP contribution >= 0.6 is 0 Å². The molecule has 0 aliphatic carbocycles. The highest BCUT2D eigenvalue weighted by Crippen LogP contribution is 2.22. The van der Waals surface area contributed by atoms with Gasteiger partial charge in [-0.3, -0.25) is 4.79 Å². The summed E-state index contributed by atoms with van der Waals surface area (Å²) in [5, 5.41) is 0. The van der Waals surface area contributed by atoms with Gasteiger partial charge in [0.15, 0.2) is 0 Å². The Hall–Kier alpha value is -3.11. The molecular formula is C27H31N2O2+. The van der Waals surface area contributed by atoms with E-state index in [1.54, 1.807) is 0 Å². The van der Waals surface area contributed by atoms with Crippen molar-refractivity contribution in [1.82, 2.24) is 4.90 Å². The molecule has 0 radical (unpaired) electrons. The van der Waals surface area contributed by atoms with Crippen molar-refractivity contribution < 1.29 is 14.4 Å². The third-order valence-electron chi connectivity index (χ3n) is 6.01. The number of piperidine rings is 1. The van der Waals surface area contributed by atoms with Crippen molar-refractivity contribution in [3.8, 4) is 11.5 Å². The van der Waals surface area contributed by atoms with Gasteiger partial charge in [-0.15, -0.1) is 0 Å². The molecule has 31 heavy (non-hydrogen) atoms. The molecule has 1 heterocycles. The average molecular weight is 416 g/mol. The minimum Gasteiger partial charge on any atom is -0.457 e. The topological polar surface area (TPSA) is 34.0 Å². The zero-order chi connectivity index (χ0) is 21.5. The molecule has 3 aromatic carbocycles. The van der Waals surface area contributed by atoms with Crippen LogP contribution in [0.15, 0.2) is 84.9 Å². The van der Waals surface area contributed by atoms with E-state index in [1.165, 1.54) is 16.0 Å². The summed E-state index contributed by atoms with van der Waals surface area (Å²) in [4.78, 5) is 16.3. The highest BCUT2D eigenvalue weighted by Gasteiger charge is 2.29. The molecule has 1 amide bonds. The predicted octanol–water partition coefficient (Wildman–Crippen LogP) is 3.93. The van der Waals surface area contributed by atoms with Crippen molar-refractivity contribution in [3.63, 3.8) is 0 Å². The fourth-order valence-corrected chi connectivity index (χ4v) is 4.33. The van der Waals surface area contributed by atoms with Crippen molar-refractivity contribution in [2.24, 2.45) is 5.92 Å². The van der Waals surface area contributed by atoms with Crippen molar-refractivity contribution >= 4 is 5.91 Å². The molecular weight excluding hydrogens is 384 g/mol. The van der Waals surface area contributed by atoms with E-state index in [1.807, 2.05) is 66.5 Å². The number of rotatable bonds is 7. The summed E-state index contributed by atoms with van der Waals surface area (Å²) in [6, 6.07) is 28.4. The SMILES string of the molecule is CN(Cc1ccccc1)C(=O)C1CC[NH+](Cc2cccc(Oc3ccccc3)c2)CC1. The fraction of sp³-hybridized carbons (Fsp3) is 0.296. The molecule has 1 fully saturated rings. The zero-order valence-corrected chi connectivity index (χ0v) is 18.2. The molecule has 0 aromatic heterocycles. The molecule has 3 aromatic rings. The van der Waals surface area contributed by atoms with Gasteiger partial charge < -0.3 is 14.5 Å². The van der Waals surface area contributed by atoms with Crippen LogP contribution in [0.3, 0.4) is 0 Å². The second-order valence-electron chi connectivity index (χ2n) is 8.44. The molecule has 4 heteroatoms. The first kappa shape index (κ1) is 21.1. The third kappa shape index (κ3) is 5.96. The smallest absolute Gasteiger partial charge is 0.226 e.